The molecular formula is C9H12F2N2O2. The first-order chi connectivity index (χ1) is 6.93. The van der Waals surface area contributed by atoms with Crippen LogP contribution in [0.25, 0.3) is 0 Å². The molecule has 84 valence electrons. The zero-order chi connectivity index (χ0) is 11.6. The molecule has 1 aromatic rings. The molecule has 0 aromatic carbocycles. The highest BCUT2D eigenvalue weighted by atomic mass is 19.3. The van der Waals surface area contributed by atoms with E-state index in [1.54, 1.807) is 13.8 Å². The molecule has 4 nitrogen and oxygen atoms in total. The maximum Gasteiger partial charge on any atom is 0.315 e. The van der Waals surface area contributed by atoms with Crippen molar-refractivity contribution < 1.29 is 18.1 Å². The molecule has 1 rings (SSSR count). The van der Waals surface area contributed by atoms with Gasteiger partial charge >= 0.3 is 6.43 Å². The van der Waals surface area contributed by atoms with Gasteiger partial charge in [0.2, 0.25) is 0 Å². The number of rotatable bonds is 3. The van der Waals surface area contributed by atoms with Crippen molar-refractivity contribution in [1.82, 2.24) is 10.1 Å². The fourth-order valence-electron chi connectivity index (χ4n) is 1.21. The first kappa shape index (κ1) is 11.6. The molecule has 0 fully saturated rings. The van der Waals surface area contributed by atoms with E-state index in [-0.39, 0.29) is 6.54 Å². The van der Waals surface area contributed by atoms with Crippen LogP contribution in [0.15, 0.2) is 4.52 Å². The largest absolute Gasteiger partial charge is 0.361 e. The lowest BCUT2D eigenvalue weighted by Gasteiger charge is -2.15. The van der Waals surface area contributed by atoms with E-state index in [4.69, 9.17) is 4.52 Å². The van der Waals surface area contributed by atoms with Crippen molar-refractivity contribution in [1.29, 1.82) is 0 Å². The molecule has 0 atom stereocenters. The third-order valence-corrected chi connectivity index (χ3v) is 2.14. The summed E-state index contributed by atoms with van der Waals surface area (Å²) in [6, 6.07) is 0. The fraction of sp³-hybridized carbons (Fsp3) is 0.556. The number of aromatic nitrogens is 1. The van der Waals surface area contributed by atoms with Gasteiger partial charge in [-0.15, -0.1) is 0 Å². The van der Waals surface area contributed by atoms with Crippen molar-refractivity contribution in [2.75, 3.05) is 7.05 Å². The van der Waals surface area contributed by atoms with Crippen LogP contribution >= 0.6 is 0 Å². The van der Waals surface area contributed by atoms with Crippen LogP contribution in [0, 0.1) is 13.8 Å². The Kier molecular flexibility index (Phi) is 3.39. The van der Waals surface area contributed by atoms with Gasteiger partial charge in [-0.3, -0.25) is 4.79 Å². The highest BCUT2D eigenvalue weighted by Gasteiger charge is 2.22. The first-order valence-corrected chi connectivity index (χ1v) is 4.38. The summed E-state index contributed by atoms with van der Waals surface area (Å²) < 4.78 is 29.0. The van der Waals surface area contributed by atoms with Crippen LogP contribution < -0.4 is 0 Å². The van der Waals surface area contributed by atoms with Crippen LogP contribution in [0.1, 0.15) is 17.0 Å². The van der Waals surface area contributed by atoms with E-state index in [0.717, 1.165) is 4.90 Å². The summed E-state index contributed by atoms with van der Waals surface area (Å²) in [4.78, 5) is 11.9. The summed E-state index contributed by atoms with van der Waals surface area (Å²) in [5, 5.41) is 3.67. The van der Waals surface area contributed by atoms with Gasteiger partial charge in [-0.05, 0) is 13.8 Å². The normalized spacial score (nSPS) is 10.8. The van der Waals surface area contributed by atoms with Gasteiger partial charge < -0.3 is 9.42 Å². The van der Waals surface area contributed by atoms with Gasteiger partial charge in [0.05, 0.1) is 12.2 Å². The summed E-state index contributed by atoms with van der Waals surface area (Å²) in [6.07, 6.45) is -2.98. The quantitative estimate of drug-likeness (QED) is 0.772. The van der Waals surface area contributed by atoms with E-state index in [0.29, 0.717) is 17.0 Å². The maximum absolute atomic E-state index is 12.1. The molecule has 0 radical (unpaired) electrons. The molecule has 0 spiro atoms. The summed E-state index contributed by atoms with van der Waals surface area (Å²) in [6.45, 7) is 3.47. The maximum atomic E-state index is 12.1. The molecule has 15 heavy (non-hydrogen) atoms. The van der Waals surface area contributed by atoms with E-state index in [2.05, 4.69) is 5.16 Å². The Morgan fingerprint density at radius 2 is 2.13 bits per heavy atom. The Bertz CT molecular complexity index is 343. The molecule has 0 saturated heterocycles. The molecular weight excluding hydrogens is 206 g/mol. The van der Waals surface area contributed by atoms with E-state index >= 15 is 0 Å². The molecule has 0 aliphatic rings. The Hall–Kier alpha value is -1.46. The second-order valence-electron chi connectivity index (χ2n) is 3.30. The molecule has 1 amide bonds. The number of amides is 1. The number of hydrogen-bond acceptors (Lipinski definition) is 3. The average molecular weight is 218 g/mol. The minimum absolute atomic E-state index is 0.0876. The molecule has 0 unspecified atom stereocenters. The molecule has 0 saturated carbocycles. The van der Waals surface area contributed by atoms with Gasteiger partial charge in [-0.2, -0.15) is 8.78 Å². The van der Waals surface area contributed by atoms with Crippen molar-refractivity contribution in [3.8, 4) is 0 Å². The van der Waals surface area contributed by atoms with Gasteiger partial charge in [0.15, 0.2) is 0 Å². The number of carbonyl (C=O) groups is 1. The predicted molar refractivity (Wildman–Crippen MR) is 48.5 cm³/mol. The number of alkyl halides is 2. The molecule has 1 aromatic heterocycles. The molecule has 0 aliphatic carbocycles. The second kappa shape index (κ2) is 4.37. The third-order valence-electron chi connectivity index (χ3n) is 2.14. The molecule has 0 aliphatic heterocycles. The molecule has 0 bridgehead atoms. The number of hydrogen-bond donors (Lipinski definition) is 0. The average Bonchev–Trinajstić information content (AvgIpc) is 2.47. The van der Waals surface area contributed by atoms with E-state index < -0.39 is 12.3 Å². The Labute approximate surface area is 85.8 Å². The summed E-state index contributed by atoms with van der Waals surface area (Å²) in [7, 11) is 1.32. The smallest absolute Gasteiger partial charge is 0.315 e. The Morgan fingerprint density at radius 1 is 1.53 bits per heavy atom. The lowest BCUT2D eigenvalue weighted by molar-refractivity contribution is -0.141. The zero-order valence-corrected chi connectivity index (χ0v) is 8.75. The van der Waals surface area contributed by atoms with Crippen LogP contribution in [0.3, 0.4) is 0 Å². The number of aryl methyl sites for hydroxylation is 2. The monoisotopic (exact) mass is 218 g/mol. The highest BCUT2D eigenvalue weighted by Crippen LogP contribution is 2.15. The minimum Gasteiger partial charge on any atom is -0.361 e. The van der Waals surface area contributed by atoms with Crippen LogP contribution in [-0.2, 0) is 11.3 Å². The molecule has 6 heteroatoms. The Balaban J connectivity index is 2.74. The number of nitrogens with zero attached hydrogens (tertiary/aromatic N) is 2. The molecule has 0 N–H and O–H groups in total. The SMILES string of the molecule is Cc1noc(C)c1CN(C)C(=O)C(F)F. The minimum atomic E-state index is -2.98. The third kappa shape index (κ3) is 2.51. The standard InChI is InChI=1S/C9H12F2N2O2/c1-5-7(6(2)15-12-5)4-13(3)9(14)8(10)11/h8H,4H2,1-3H3. The lowest BCUT2D eigenvalue weighted by Crippen LogP contribution is -2.31. The van der Waals surface area contributed by atoms with Gasteiger partial charge in [0.1, 0.15) is 5.76 Å². The Morgan fingerprint density at radius 3 is 2.53 bits per heavy atom. The number of halogens is 2. The summed E-state index contributed by atoms with van der Waals surface area (Å²) in [5.41, 5.74) is 1.29. The van der Waals surface area contributed by atoms with Crippen molar-refractivity contribution in [3.05, 3.63) is 17.0 Å². The van der Waals surface area contributed by atoms with Gasteiger partial charge in [-0.25, -0.2) is 0 Å². The van der Waals surface area contributed by atoms with Crippen molar-refractivity contribution in [2.45, 2.75) is 26.8 Å². The van der Waals surface area contributed by atoms with Gasteiger partial charge in [0.25, 0.3) is 5.91 Å². The highest BCUT2D eigenvalue weighted by molar-refractivity contribution is 5.79. The van der Waals surface area contributed by atoms with E-state index in [1.165, 1.54) is 7.05 Å². The lowest BCUT2D eigenvalue weighted by atomic mass is 10.2. The van der Waals surface area contributed by atoms with Crippen LogP contribution in [0.5, 0.6) is 0 Å². The van der Waals surface area contributed by atoms with E-state index in [9.17, 15) is 13.6 Å². The second-order valence-corrected chi connectivity index (χ2v) is 3.30. The fourth-order valence-corrected chi connectivity index (χ4v) is 1.21. The summed E-state index contributed by atoms with van der Waals surface area (Å²) >= 11 is 0. The van der Waals surface area contributed by atoms with Crippen LogP contribution in [0.4, 0.5) is 8.78 Å². The first-order valence-electron chi connectivity index (χ1n) is 4.38. The zero-order valence-electron chi connectivity index (χ0n) is 8.75. The van der Waals surface area contributed by atoms with Crippen molar-refractivity contribution >= 4 is 5.91 Å². The van der Waals surface area contributed by atoms with Crippen LogP contribution in [-0.4, -0.2) is 29.4 Å². The topological polar surface area (TPSA) is 46.3 Å². The van der Waals surface area contributed by atoms with Crippen molar-refractivity contribution in [3.63, 3.8) is 0 Å². The molecule has 1 heterocycles. The van der Waals surface area contributed by atoms with Gasteiger partial charge in [0, 0.05) is 12.6 Å². The van der Waals surface area contributed by atoms with Gasteiger partial charge in [-0.1, -0.05) is 5.16 Å². The summed E-state index contributed by atoms with van der Waals surface area (Å²) in [5.74, 6) is -0.656. The predicted octanol–water partition coefficient (Wildman–Crippen LogP) is 1.51. The van der Waals surface area contributed by atoms with Crippen molar-refractivity contribution in [2.24, 2.45) is 0 Å². The van der Waals surface area contributed by atoms with Crippen LogP contribution in [0.2, 0.25) is 0 Å². The number of carbonyl (C=O) groups excluding carboxylic acids is 1. The van der Waals surface area contributed by atoms with E-state index in [1.807, 2.05) is 0 Å².